The van der Waals surface area contributed by atoms with Gasteiger partial charge in [0, 0.05) is 48.8 Å². The SMILES string of the molecule is COc1cc(CO)c(-c2cn3ccc(N4CCC[C@@H](N)C4)cc3n2)cc1Cl. The minimum Gasteiger partial charge on any atom is -0.495 e. The Hall–Kier alpha value is -2.28. The number of piperidine rings is 1. The highest BCUT2D eigenvalue weighted by atomic mass is 35.5. The summed E-state index contributed by atoms with van der Waals surface area (Å²) in [4.78, 5) is 7.07. The summed E-state index contributed by atoms with van der Waals surface area (Å²) in [6.07, 6.45) is 6.13. The smallest absolute Gasteiger partial charge is 0.139 e. The third-order valence-electron chi connectivity index (χ3n) is 5.09. The highest BCUT2D eigenvalue weighted by molar-refractivity contribution is 6.32. The Morgan fingerprint density at radius 2 is 2.22 bits per heavy atom. The van der Waals surface area contributed by atoms with Gasteiger partial charge in [0.15, 0.2) is 0 Å². The molecule has 0 amide bonds. The van der Waals surface area contributed by atoms with E-state index in [2.05, 4.69) is 17.0 Å². The van der Waals surface area contributed by atoms with E-state index in [4.69, 9.17) is 27.1 Å². The molecule has 1 atom stereocenters. The third-order valence-corrected chi connectivity index (χ3v) is 5.39. The zero-order valence-electron chi connectivity index (χ0n) is 15.2. The summed E-state index contributed by atoms with van der Waals surface area (Å²) in [5, 5.41) is 10.2. The Balaban J connectivity index is 1.73. The Morgan fingerprint density at radius 1 is 1.37 bits per heavy atom. The number of ether oxygens (including phenoxy) is 1. The van der Waals surface area contributed by atoms with Crippen LogP contribution in [0.25, 0.3) is 16.9 Å². The molecule has 1 aliphatic heterocycles. The Bertz CT molecular complexity index is 972. The standard InChI is InChI=1S/C20H23ClN4O2/c1-27-19-7-13(12-26)16(9-17(19)21)18-11-25-6-4-15(8-20(25)23-18)24-5-2-3-14(22)10-24/h4,6-9,11,14,26H,2-3,5,10,12,22H2,1H3/t14-/m1/s1. The Kier molecular flexibility index (Phi) is 4.95. The van der Waals surface area contributed by atoms with E-state index in [0.29, 0.717) is 10.8 Å². The zero-order chi connectivity index (χ0) is 19.0. The van der Waals surface area contributed by atoms with E-state index in [1.807, 2.05) is 16.8 Å². The summed E-state index contributed by atoms with van der Waals surface area (Å²) in [7, 11) is 1.56. The van der Waals surface area contributed by atoms with Crippen molar-refractivity contribution < 1.29 is 9.84 Å². The van der Waals surface area contributed by atoms with Gasteiger partial charge in [0.2, 0.25) is 0 Å². The molecule has 1 fully saturated rings. The van der Waals surface area contributed by atoms with Crippen LogP contribution in [0.2, 0.25) is 5.02 Å². The molecule has 1 aromatic carbocycles. The molecule has 0 bridgehead atoms. The van der Waals surface area contributed by atoms with Gasteiger partial charge >= 0.3 is 0 Å². The number of hydrogen-bond acceptors (Lipinski definition) is 5. The molecule has 0 spiro atoms. The minimum absolute atomic E-state index is 0.117. The van der Waals surface area contributed by atoms with Gasteiger partial charge in [-0.25, -0.2) is 4.98 Å². The van der Waals surface area contributed by atoms with E-state index in [0.717, 1.165) is 54.1 Å². The molecular formula is C20H23ClN4O2. The van der Waals surface area contributed by atoms with Crippen LogP contribution in [-0.4, -0.2) is 40.7 Å². The second kappa shape index (κ2) is 7.38. The average Bonchev–Trinajstić information content (AvgIpc) is 3.11. The lowest BCUT2D eigenvalue weighted by Crippen LogP contribution is -2.42. The molecule has 3 heterocycles. The maximum absolute atomic E-state index is 9.75. The van der Waals surface area contributed by atoms with E-state index >= 15 is 0 Å². The number of anilines is 1. The highest BCUT2D eigenvalue weighted by Gasteiger charge is 2.18. The molecule has 3 N–H and O–H groups in total. The van der Waals surface area contributed by atoms with Gasteiger partial charge in [-0.2, -0.15) is 0 Å². The van der Waals surface area contributed by atoms with Crippen molar-refractivity contribution in [2.75, 3.05) is 25.1 Å². The quantitative estimate of drug-likeness (QED) is 0.720. The van der Waals surface area contributed by atoms with Crippen LogP contribution in [0.3, 0.4) is 0 Å². The molecule has 7 heteroatoms. The normalized spacial score (nSPS) is 17.5. The van der Waals surface area contributed by atoms with E-state index in [-0.39, 0.29) is 12.6 Å². The monoisotopic (exact) mass is 386 g/mol. The minimum atomic E-state index is -0.117. The van der Waals surface area contributed by atoms with Crippen LogP contribution in [-0.2, 0) is 6.61 Å². The summed E-state index contributed by atoms with van der Waals surface area (Å²) in [5.74, 6) is 0.539. The first-order valence-electron chi connectivity index (χ1n) is 9.06. The summed E-state index contributed by atoms with van der Waals surface area (Å²) >= 11 is 6.29. The van der Waals surface area contributed by atoms with Crippen molar-refractivity contribution in [2.45, 2.75) is 25.5 Å². The largest absolute Gasteiger partial charge is 0.495 e. The first-order chi connectivity index (χ1) is 13.1. The first-order valence-corrected chi connectivity index (χ1v) is 9.43. The van der Waals surface area contributed by atoms with Gasteiger partial charge < -0.3 is 24.9 Å². The second-order valence-corrected chi connectivity index (χ2v) is 7.33. The average molecular weight is 387 g/mol. The maximum atomic E-state index is 9.75. The zero-order valence-corrected chi connectivity index (χ0v) is 16.0. The summed E-state index contributed by atoms with van der Waals surface area (Å²) in [6.45, 7) is 1.76. The number of aliphatic hydroxyl groups excluding tert-OH is 1. The van der Waals surface area contributed by atoms with Gasteiger partial charge in [-0.15, -0.1) is 0 Å². The predicted molar refractivity (Wildman–Crippen MR) is 108 cm³/mol. The Labute approximate surface area is 163 Å². The molecule has 1 aliphatic rings. The number of nitrogens with two attached hydrogens (primary N) is 1. The fourth-order valence-electron chi connectivity index (χ4n) is 3.66. The van der Waals surface area contributed by atoms with E-state index in [9.17, 15) is 5.11 Å². The molecule has 1 saturated heterocycles. The Morgan fingerprint density at radius 3 is 2.96 bits per heavy atom. The van der Waals surface area contributed by atoms with Crippen molar-refractivity contribution in [3.8, 4) is 17.0 Å². The van der Waals surface area contributed by atoms with Crippen LogP contribution in [0.1, 0.15) is 18.4 Å². The van der Waals surface area contributed by atoms with Crippen LogP contribution in [0.15, 0.2) is 36.7 Å². The first kappa shape index (κ1) is 18.1. The van der Waals surface area contributed by atoms with Crippen molar-refractivity contribution >= 4 is 22.9 Å². The molecule has 2 aromatic heterocycles. The van der Waals surface area contributed by atoms with Gasteiger partial charge in [-0.05, 0) is 36.6 Å². The fourth-order valence-corrected chi connectivity index (χ4v) is 3.90. The maximum Gasteiger partial charge on any atom is 0.139 e. The van der Waals surface area contributed by atoms with E-state index < -0.39 is 0 Å². The highest BCUT2D eigenvalue weighted by Crippen LogP contribution is 2.34. The number of aromatic nitrogens is 2. The van der Waals surface area contributed by atoms with Crippen LogP contribution in [0, 0.1) is 0 Å². The van der Waals surface area contributed by atoms with Gasteiger partial charge in [0.1, 0.15) is 11.4 Å². The molecule has 0 radical (unpaired) electrons. The number of benzene rings is 1. The molecule has 142 valence electrons. The van der Waals surface area contributed by atoms with Crippen molar-refractivity contribution in [1.29, 1.82) is 0 Å². The number of aliphatic hydroxyl groups is 1. The number of halogens is 1. The molecule has 27 heavy (non-hydrogen) atoms. The topological polar surface area (TPSA) is 76.0 Å². The lowest BCUT2D eigenvalue weighted by Gasteiger charge is -2.32. The number of nitrogens with zero attached hydrogens (tertiary/aromatic N) is 3. The second-order valence-electron chi connectivity index (χ2n) is 6.93. The van der Waals surface area contributed by atoms with E-state index in [1.165, 1.54) is 0 Å². The van der Waals surface area contributed by atoms with Gasteiger partial charge in [-0.1, -0.05) is 11.6 Å². The van der Waals surface area contributed by atoms with Gasteiger partial charge in [0.25, 0.3) is 0 Å². The number of imidazole rings is 1. The van der Waals surface area contributed by atoms with Crippen molar-refractivity contribution in [3.05, 3.63) is 47.2 Å². The predicted octanol–water partition coefficient (Wildman–Crippen LogP) is 3.08. The molecule has 6 nitrogen and oxygen atoms in total. The number of rotatable bonds is 4. The number of hydrogen-bond donors (Lipinski definition) is 2. The molecule has 3 aromatic rings. The lowest BCUT2D eigenvalue weighted by molar-refractivity contribution is 0.281. The number of methoxy groups -OCH3 is 1. The lowest BCUT2D eigenvalue weighted by atomic mass is 10.1. The third kappa shape index (κ3) is 3.48. The molecule has 0 aliphatic carbocycles. The number of fused-ring (bicyclic) bond motifs is 1. The summed E-state index contributed by atoms with van der Waals surface area (Å²) in [6, 6.07) is 7.93. The van der Waals surface area contributed by atoms with Crippen LogP contribution < -0.4 is 15.4 Å². The van der Waals surface area contributed by atoms with Crippen molar-refractivity contribution in [3.63, 3.8) is 0 Å². The van der Waals surface area contributed by atoms with Crippen molar-refractivity contribution in [1.82, 2.24) is 9.38 Å². The van der Waals surface area contributed by atoms with Crippen LogP contribution in [0.4, 0.5) is 5.69 Å². The molecule has 0 unspecified atom stereocenters. The number of pyridine rings is 1. The van der Waals surface area contributed by atoms with Gasteiger partial charge in [0.05, 0.1) is 24.4 Å². The van der Waals surface area contributed by atoms with E-state index in [1.54, 1.807) is 19.2 Å². The van der Waals surface area contributed by atoms with Crippen LogP contribution >= 0.6 is 11.6 Å². The molecule has 0 saturated carbocycles. The van der Waals surface area contributed by atoms with Crippen molar-refractivity contribution in [2.24, 2.45) is 5.73 Å². The molecular weight excluding hydrogens is 364 g/mol. The van der Waals surface area contributed by atoms with Gasteiger partial charge in [-0.3, -0.25) is 0 Å². The summed E-state index contributed by atoms with van der Waals surface area (Å²) < 4.78 is 7.22. The van der Waals surface area contributed by atoms with Crippen LogP contribution in [0.5, 0.6) is 5.75 Å². The molecule has 4 rings (SSSR count). The fraction of sp³-hybridized carbons (Fsp3) is 0.350. The summed E-state index contributed by atoms with van der Waals surface area (Å²) in [5.41, 5.74) is 10.4.